The summed E-state index contributed by atoms with van der Waals surface area (Å²) < 4.78 is 39.3. The third-order valence-corrected chi connectivity index (χ3v) is 6.78. The van der Waals surface area contributed by atoms with Crippen molar-refractivity contribution in [3.05, 3.63) is 29.1 Å². The van der Waals surface area contributed by atoms with E-state index in [4.69, 9.17) is 5.11 Å². The number of urea groups is 1. The molecule has 3 atom stereocenters. The molecule has 0 unspecified atom stereocenters. The molecule has 0 aromatic carbocycles. The van der Waals surface area contributed by atoms with Crippen LogP contribution in [0.2, 0.25) is 0 Å². The molecule has 2 fully saturated rings. The molecule has 9 nitrogen and oxygen atoms in total. The Morgan fingerprint density at radius 1 is 1.28 bits per heavy atom. The number of fused-ring (bicyclic) bond motifs is 2. The molecular formula is C20H24F3N5O4. The lowest BCUT2D eigenvalue weighted by Gasteiger charge is -2.37. The highest BCUT2D eigenvalue weighted by Gasteiger charge is 2.59. The Hall–Kier alpha value is -3.05. The summed E-state index contributed by atoms with van der Waals surface area (Å²) in [6.07, 6.45) is -3.92. The van der Waals surface area contributed by atoms with Crippen molar-refractivity contribution in [2.75, 3.05) is 26.7 Å². The van der Waals surface area contributed by atoms with Crippen LogP contribution in [0.1, 0.15) is 29.7 Å². The minimum atomic E-state index is -4.53. The molecule has 32 heavy (non-hydrogen) atoms. The van der Waals surface area contributed by atoms with Crippen molar-refractivity contribution < 1.29 is 32.7 Å². The van der Waals surface area contributed by atoms with Crippen molar-refractivity contribution in [3.8, 4) is 0 Å². The second-order valence-corrected chi connectivity index (χ2v) is 8.68. The van der Waals surface area contributed by atoms with Crippen LogP contribution in [0, 0.1) is 11.3 Å². The molecule has 1 saturated heterocycles. The second-order valence-electron chi connectivity index (χ2n) is 8.68. The molecule has 3 heterocycles. The smallest absolute Gasteiger partial charge is 0.417 e. The average Bonchev–Trinajstić information content (AvgIpc) is 3.25. The maximum Gasteiger partial charge on any atom is 0.417 e. The largest absolute Gasteiger partial charge is 0.465 e. The Balaban J connectivity index is 1.60. The number of alkyl halides is 3. The van der Waals surface area contributed by atoms with Crippen LogP contribution in [0.3, 0.4) is 0 Å². The van der Waals surface area contributed by atoms with Gasteiger partial charge in [-0.05, 0) is 30.4 Å². The Bertz CT molecular complexity index is 956. The summed E-state index contributed by atoms with van der Waals surface area (Å²) in [7, 11) is 1.49. The maximum absolute atomic E-state index is 13.7. The summed E-state index contributed by atoms with van der Waals surface area (Å²) in [6, 6.07) is 0.285. The topological polar surface area (TPSA) is 115 Å². The fourth-order valence-electron chi connectivity index (χ4n) is 5.37. The number of rotatable bonds is 2. The lowest BCUT2D eigenvalue weighted by atomic mass is 9.78. The summed E-state index contributed by atoms with van der Waals surface area (Å²) in [5, 5.41) is 14.1. The van der Waals surface area contributed by atoms with Gasteiger partial charge in [0.05, 0.1) is 11.0 Å². The van der Waals surface area contributed by atoms with Gasteiger partial charge >= 0.3 is 18.3 Å². The molecule has 1 aliphatic carbocycles. The third-order valence-electron chi connectivity index (χ3n) is 6.78. The van der Waals surface area contributed by atoms with Crippen molar-refractivity contribution in [2.45, 2.75) is 38.0 Å². The van der Waals surface area contributed by atoms with Crippen LogP contribution in [0.25, 0.3) is 0 Å². The normalized spacial score (nSPS) is 27.0. The van der Waals surface area contributed by atoms with E-state index in [1.807, 2.05) is 0 Å². The Morgan fingerprint density at radius 2 is 2.03 bits per heavy atom. The summed E-state index contributed by atoms with van der Waals surface area (Å²) in [4.78, 5) is 44.1. The van der Waals surface area contributed by atoms with Crippen LogP contribution in [0.5, 0.6) is 0 Å². The van der Waals surface area contributed by atoms with Gasteiger partial charge in [-0.3, -0.25) is 9.78 Å². The van der Waals surface area contributed by atoms with Gasteiger partial charge in [-0.15, -0.1) is 0 Å². The van der Waals surface area contributed by atoms with Gasteiger partial charge in [-0.25, -0.2) is 9.59 Å². The molecule has 1 aromatic heterocycles. The van der Waals surface area contributed by atoms with Crippen molar-refractivity contribution in [2.24, 2.45) is 11.3 Å². The first-order chi connectivity index (χ1) is 15.0. The molecule has 3 N–H and O–H groups in total. The van der Waals surface area contributed by atoms with E-state index in [0.29, 0.717) is 37.2 Å². The minimum Gasteiger partial charge on any atom is -0.465 e. The van der Waals surface area contributed by atoms with Crippen molar-refractivity contribution >= 4 is 18.0 Å². The highest BCUT2D eigenvalue weighted by Crippen LogP contribution is 2.50. The highest BCUT2D eigenvalue weighted by atomic mass is 19.4. The molecule has 4 amide bonds. The van der Waals surface area contributed by atoms with Crippen molar-refractivity contribution in [1.29, 1.82) is 0 Å². The fourth-order valence-corrected chi connectivity index (χ4v) is 5.37. The fraction of sp³-hybridized carbons (Fsp3) is 0.600. The van der Waals surface area contributed by atoms with E-state index < -0.39 is 29.3 Å². The summed E-state index contributed by atoms with van der Waals surface area (Å²) in [6.45, 7) is 0.748. The molecular weight excluding hydrogens is 431 g/mol. The van der Waals surface area contributed by atoms with Crippen LogP contribution in [-0.2, 0) is 23.9 Å². The zero-order chi connectivity index (χ0) is 23.3. The number of halogens is 3. The monoisotopic (exact) mass is 455 g/mol. The highest BCUT2D eigenvalue weighted by molar-refractivity contribution is 5.86. The number of carbonyl (C=O) groups excluding carboxylic acids is 2. The van der Waals surface area contributed by atoms with Gasteiger partial charge in [0.15, 0.2) is 0 Å². The first-order valence-electron chi connectivity index (χ1n) is 10.3. The standard InChI is InChI=1S/C20H24F3N5O4/c1-24-17(30)28-9-13-5-14(26-18(31)32)6-19(13,10-28)16(29)27-3-2-15-11(8-27)4-12(7-25-15)20(21,22)23/h4,7,13-14,26H,2-3,5-6,8-10H2,1H3,(H,24,30)(H,31,32)/t13-,14+,19-/m0/s1. The number of nitrogens with zero attached hydrogens (tertiary/aromatic N) is 3. The van der Waals surface area contributed by atoms with Gasteiger partial charge in [0.25, 0.3) is 0 Å². The lowest BCUT2D eigenvalue weighted by molar-refractivity contribution is -0.143. The number of pyridine rings is 1. The van der Waals surface area contributed by atoms with E-state index in [1.54, 1.807) is 4.90 Å². The number of amides is 4. The predicted molar refractivity (Wildman–Crippen MR) is 104 cm³/mol. The number of carboxylic acid groups (broad SMARTS) is 1. The lowest BCUT2D eigenvalue weighted by Crippen LogP contribution is -2.50. The molecule has 4 rings (SSSR count). The zero-order valence-corrected chi connectivity index (χ0v) is 17.4. The van der Waals surface area contributed by atoms with Crippen LogP contribution < -0.4 is 10.6 Å². The summed E-state index contributed by atoms with van der Waals surface area (Å²) in [5.41, 5.74) is -0.954. The minimum absolute atomic E-state index is 0.00342. The van der Waals surface area contributed by atoms with Gasteiger partial charge in [0, 0.05) is 57.6 Å². The van der Waals surface area contributed by atoms with E-state index in [2.05, 4.69) is 15.6 Å². The first kappa shape index (κ1) is 22.2. The molecule has 0 bridgehead atoms. The third kappa shape index (κ3) is 3.82. The zero-order valence-electron chi connectivity index (χ0n) is 17.4. The number of nitrogens with one attached hydrogen (secondary N) is 2. The molecule has 0 spiro atoms. The van der Waals surface area contributed by atoms with Gasteiger partial charge in [-0.2, -0.15) is 13.2 Å². The number of carbonyl (C=O) groups is 3. The number of likely N-dealkylation sites (tertiary alicyclic amines) is 1. The molecule has 12 heteroatoms. The van der Waals surface area contributed by atoms with Gasteiger partial charge in [0.2, 0.25) is 5.91 Å². The Morgan fingerprint density at radius 3 is 2.69 bits per heavy atom. The molecule has 1 aromatic rings. The maximum atomic E-state index is 13.7. The Kier molecular flexibility index (Phi) is 5.41. The van der Waals surface area contributed by atoms with E-state index in [0.717, 1.165) is 12.3 Å². The van der Waals surface area contributed by atoms with Crippen LogP contribution >= 0.6 is 0 Å². The van der Waals surface area contributed by atoms with Gasteiger partial charge in [-0.1, -0.05) is 0 Å². The van der Waals surface area contributed by atoms with Crippen molar-refractivity contribution in [3.63, 3.8) is 0 Å². The summed E-state index contributed by atoms with van der Waals surface area (Å²) >= 11 is 0. The second kappa shape index (κ2) is 7.82. The average molecular weight is 455 g/mol. The molecule has 1 saturated carbocycles. The molecule has 174 valence electrons. The van der Waals surface area contributed by atoms with Crippen LogP contribution in [0.4, 0.5) is 22.8 Å². The quantitative estimate of drug-likeness (QED) is 0.628. The molecule has 0 radical (unpaired) electrons. The summed E-state index contributed by atoms with van der Waals surface area (Å²) in [5.74, 6) is -0.503. The number of hydrogen-bond acceptors (Lipinski definition) is 4. The van der Waals surface area contributed by atoms with E-state index in [9.17, 15) is 27.6 Å². The van der Waals surface area contributed by atoms with Gasteiger partial charge < -0.3 is 25.5 Å². The van der Waals surface area contributed by atoms with E-state index in [1.165, 1.54) is 11.9 Å². The molecule has 3 aliphatic rings. The van der Waals surface area contributed by atoms with Crippen molar-refractivity contribution in [1.82, 2.24) is 25.4 Å². The Labute approximate surface area is 182 Å². The van der Waals surface area contributed by atoms with Gasteiger partial charge in [0.1, 0.15) is 0 Å². The first-order valence-corrected chi connectivity index (χ1v) is 10.3. The number of hydrogen-bond donors (Lipinski definition) is 3. The SMILES string of the molecule is CNC(=O)N1C[C@@H]2C[C@@H](NC(=O)O)C[C@]2(C(=O)N2CCc3ncc(C(F)(F)F)cc3C2)C1. The van der Waals surface area contributed by atoms with E-state index in [-0.39, 0.29) is 37.4 Å². The molecule has 2 aliphatic heterocycles. The van der Waals surface area contributed by atoms with Crippen LogP contribution in [-0.4, -0.2) is 70.6 Å². The number of aromatic nitrogens is 1. The van der Waals surface area contributed by atoms with Crippen LogP contribution in [0.15, 0.2) is 12.3 Å². The van der Waals surface area contributed by atoms with E-state index >= 15 is 0 Å². The predicted octanol–water partition coefficient (Wildman–Crippen LogP) is 1.67.